The predicted octanol–water partition coefficient (Wildman–Crippen LogP) is 6.35. The molecule has 4 heterocycles. The molecule has 2 N–H and O–H groups in total. The molecule has 2 aromatic heterocycles. The van der Waals surface area contributed by atoms with Crippen LogP contribution in [0.3, 0.4) is 0 Å². The van der Waals surface area contributed by atoms with Crippen LogP contribution in [-0.4, -0.2) is 67.2 Å². The smallest absolute Gasteiger partial charge is 0.207 e. The standard InChI is InChI=1S/C32H39N5O5S.Zn/c1-2-3-22-37(29-16-10-23-27(14-12-25(38)31(23)33-29)41-35-18-6-4-7-19-35)30-17-11-24-28(15-13-26(39)32(24)34-30)43(40)42-36-20-8-5-9-21-36;/h10-17,38-39H,2-9,18-22H2,1H3;. The summed E-state index contributed by atoms with van der Waals surface area (Å²) in [4.78, 5) is 18.4. The summed E-state index contributed by atoms with van der Waals surface area (Å²) in [5, 5.41) is 26.6. The van der Waals surface area contributed by atoms with Gasteiger partial charge in [0.15, 0.2) is 5.75 Å². The summed E-state index contributed by atoms with van der Waals surface area (Å²) in [5.74, 6) is 1.93. The van der Waals surface area contributed by atoms with Gasteiger partial charge in [0.2, 0.25) is 11.1 Å². The van der Waals surface area contributed by atoms with Gasteiger partial charge in [-0.2, -0.15) is 9.35 Å². The first-order chi connectivity index (χ1) is 21.0. The van der Waals surface area contributed by atoms with E-state index in [2.05, 4.69) is 6.92 Å². The van der Waals surface area contributed by atoms with E-state index in [1.54, 1.807) is 23.3 Å². The number of phenolic OH excluding ortho intramolecular Hbond substituents is 2. The van der Waals surface area contributed by atoms with Gasteiger partial charge in [-0.05, 0) is 80.6 Å². The van der Waals surface area contributed by atoms with Crippen molar-refractivity contribution in [3.05, 3.63) is 48.5 Å². The molecule has 2 fully saturated rings. The maximum Gasteiger partial charge on any atom is 0.207 e. The number of aromatic nitrogens is 2. The van der Waals surface area contributed by atoms with Crippen LogP contribution in [0.15, 0.2) is 53.4 Å². The number of fused-ring (bicyclic) bond motifs is 2. The summed E-state index contributed by atoms with van der Waals surface area (Å²) >= 11 is -1.74. The molecule has 230 valence electrons. The van der Waals surface area contributed by atoms with Crippen LogP contribution in [-0.2, 0) is 34.8 Å². The van der Waals surface area contributed by atoms with Crippen LogP contribution in [0.4, 0.5) is 11.6 Å². The number of pyridine rings is 2. The molecule has 6 rings (SSSR count). The molecule has 0 radical (unpaired) electrons. The number of benzene rings is 2. The Hall–Kier alpha value is -2.89. The zero-order valence-corrected chi connectivity index (χ0v) is 29.1. The largest absolute Gasteiger partial charge is 0.506 e. The molecule has 1 atom stereocenters. The van der Waals surface area contributed by atoms with E-state index < -0.39 is 11.1 Å². The second kappa shape index (κ2) is 14.9. The molecule has 0 amide bonds. The Bertz CT molecular complexity index is 1610. The minimum Gasteiger partial charge on any atom is -0.506 e. The number of phenols is 2. The first kappa shape index (κ1) is 32.5. The third-order valence-electron chi connectivity index (χ3n) is 8.06. The van der Waals surface area contributed by atoms with Crippen molar-refractivity contribution in [1.82, 2.24) is 20.1 Å². The minimum absolute atomic E-state index is 0. The minimum atomic E-state index is -1.74. The van der Waals surface area contributed by atoms with Crippen LogP contribution in [0, 0.1) is 0 Å². The molecule has 2 saturated heterocycles. The number of anilines is 2. The summed E-state index contributed by atoms with van der Waals surface area (Å²) in [6.45, 7) is 5.99. The molecule has 4 aromatic rings. The summed E-state index contributed by atoms with van der Waals surface area (Å²) in [6.07, 6.45) is 8.42. The Labute approximate surface area is 273 Å². The van der Waals surface area contributed by atoms with Gasteiger partial charge in [-0.1, -0.05) is 26.2 Å². The fourth-order valence-corrected chi connectivity index (χ4v) is 6.64. The molecule has 0 saturated carbocycles. The van der Waals surface area contributed by atoms with Crippen LogP contribution in [0.25, 0.3) is 21.8 Å². The van der Waals surface area contributed by atoms with Gasteiger partial charge in [-0.3, -0.25) is 0 Å². The van der Waals surface area contributed by atoms with Crippen LogP contribution in [0.5, 0.6) is 17.2 Å². The Morgan fingerprint density at radius 2 is 1.34 bits per heavy atom. The fourth-order valence-electron chi connectivity index (χ4n) is 5.69. The van der Waals surface area contributed by atoms with Crippen molar-refractivity contribution in [3.63, 3.8) is 0 Å². The molecular weight excluding hydrogens is 632 g/mol. The van der Waals surface area contributed by atoms with Crippen molar-refractivity contribution in [2.45, 2.75) is 63.2 Å². The molecular formula is C32H39N5O5SZn. The van der Waals surface area contributed by atoms with Crippen molar-refractivity contribution in [3.8, 4) is 17.2 Å². The van der Waals surface area contributed by atoms with Crippen LogP contribution in [0.1, 0.15) is 58.3 Å². The van der Waals surface area contributed by atoms with Gasteiger partial charge in [0.25, 0.3) is 0 Å². The predicted molar refractivity (Wildman–Crippen MR) is 168 cm³/mol. The number of nitrogens with zero attached hydrogens (tertiary/aromatic N) is 5. The Balaban J connectivity index is 0.00000384. The second-order valence-corrected chi connectivity index (χ2v) is 12.2. The second-order valence-electron chi connectivity index (χ2n) is 11.2. The summed E-state index contributed by atoms with van der Waals surface area (Å²) < 4.78 is 19.0. The first-order valence-electron chi connectivity index (χ1n) is 15.3. The van der Waals surface area contributed by atoms with Crippen molar-refractivity contribution >= 4 is 44.5 Å². The van der Waals surface area contributed by atoms with Gasteiger partial charge in [0, 0.05) is 63.0 Å². The van der Waals surface area contributed by atoms with E-state index in [0.29, 0.717) is 45.2 Å². The van der Waals surface area contributed by atoms with Crippen molar-refractivity contribution in [1.29, 1.82) is 0 Å². The normalized spacial score (nSPS) is 16.9. The van der Waals surface area contributed by atoms with Crippen LogP contribution < -0.4 is 9.74 Å². The zero-order valence-electron chi connectivity index (χ0n) is 25.3. The van der Waals surface area contributed by atoms with E-state index in [9.17, 15) is 14.4 Å². The molecule has 2 aliphatic rings. The van der Waals surface area contributed by atoms with Gasteiger partial charge >= 0.3 is 0 Å². The number of unbranched alkanes of at least 4 members (excludes halogenated alkanes) is 1. The molecule has 0 spiro atoms. The van der Waals surface area contributed by atoms with Gasteiger partial charge in [-0.25, -0.2) is 14.2 Å². The Morgan fingerprint density at radius 1 is 0.773 bits per heavy atom. The van der Waals surface area contributed by atoms with Crippen LogP contribution >= 0.6 is 0 Å². The molecule has 2 aromatic carbocycles. The molecule has 0 bridgehead atoms. The third-order valence-corrected chi connectivity index (χ3v) is 9.12. The number of aromatic hydroxyl groups is 2. The van der Waals surface area contributed by atoms with Crippen LogP contribution in [0.2, 0.25) is 0 Å². The Morgan fingerprint density at radius 3 is 1.98 bits per heavy atom. The molecule has 12 heteroatoms. The molecule has 10 nitrogen and oxygen atoms in total. The van der Waals surface area contributed by atoms with E-state index in [-0.39, 0.29) is 31.0 Å². The van der Waals surface area contributed by atoms with E-state index >= 15 is 0 Å². The van der Waals surface area contributed by atoms with E-state index in [1.165, 1.54) is 12.5 Å². The van der Waals surface area contributed by atoms with Gasteiger partial charge in [0.1, 0.15) is 34.2 Å². The average Bonchev–Trinajstić information content (AvgIpc) is 3.04. The number of rotatable bonds is 10. The number of hydrogen-bond acceptors (Lipinski definition) is 10. The van der Waals surface area contributed by atoms with E-state index in [4.69, 9.17) is 19.1 Å². The Kier molecular flexibility index (Phi) is 11.0. The third kappa shape index (κ3) is 7.15. The fraction of sp³-hybridized carbons (Fsp3) is 0.438. The van der Waals surface area contributed by atoms with E-state index in [1.807, 2.05) is 34.2 Å². The zero-order chi connectivity index (χ0) is 29.8. The maximum absolute atomic E-state index is 13.2. The first-order valence-corrected chi connectivity index (χ1v) is 16.4. The number of hydrogen-bond donors (Lipinski definition) is 2. The molecule has 1 unspecified atom stereocenters. The number of hydroxylamine groups is 4. The van der Waals surface area contributed by atoms with Gasteiger partial charge in [0.05, 0.1) is 4.90 Å². The van der Waals surface area contributed by atoms with Crippen molar-refractivity contribution in [2.24, 2.45) is 0 Å². The summed E-state index contributed by atoms with van der Waals surface area (Å²) in [7, 11) is 0. The maximum atomic E-state index is 13.2. The summed E-state index contributed by atoms with van der Waals surface area (Å²) in [6, 6.07) is 14.1. The monoisotopic (exact) mass is 669 g/mol. The topological polar surface area (TPSA) is 111 Å². The molecule has 0 aliphatic carbocycles. The van der Waals surface area contributed by atoms with Crippen molar-refractivity contribution < 1.29 is 43.0 Å². The SMILES string of the molecule is CCCCN(c1ccc2c(ON3CCCCC3)ccc(O)c2n1)c1ccc2c(S(=O)ON3CCCCC3)ccc(O)c2n1.[Zn]. The molecule has 44 heavy (non-hydrogen) atoms. The quantitative estimate of drug-likeness (QED) is 0.185. The van der Waals surface area contributed by atoms with Crippen molar-refractivity contribution in [2.75, 3.05) is 37.6 Å². The van der Waals surface area contributed by atoms with E-state index in [0.717, 1.165) is 76.5 Å². The molecule has 2 aliphatic heterocycles. The summed E-state index contributed by atoms with van der Waals surface area (Å²) in [5.41, 5.74) is 0.789. The number of piperidine rings is 2. The van der Waals surface area contributed by atoms with Gasteiger partial charge in [-0.15, -0.1) is 5.06 Å². The average molecular weight is 671 g/mol. The van der Waals surface area contributed by atoms with Gasteiger partial charge < -0.3 is 20.0 Å².